The second-order valence-electron chi connectivity index (χ2n) is 4.63. The standard InChI is InChI=1S/C16H18O6S/c17-11-2-4-14(10-12-23(20,21)22)16(19)5-1-3-13-6-8-15(18)9-7-13/h1-2,4-10,17-18H,3,11-12H2,(H,20,21,22)/b4-2-,5-1+,14-10+. The van der Waals surface area contributed by atoms with Crippen LogP contribution in [0.2, 0.25) is 0 Å². The molecule has 0 amide bonds. The van der Waals surface area contributed by atoms with Gasteiger partial charge < -0.3 is 10.2 Å². The fourth-order valence-corrected chi connectivity index (χ4v) is 2.05. The number of carbonyl (C=O) groups excluding carboxylic acids is 1. The van der Waals surface area contributed by atoms with Crippen molar-refractivity contribution in [1.82, 2.24) is 0 Å². The number of phenols is 1. The van der Waals surface area contributed by atoms with Crippen LogP contribution in [-0.4, -0.2) is 41.3 Å². The molecule has 1 rings (SSSR count). The van der Waals surface area contributed by atoms with E-state index in [9.17, 15) is 18.3 Å². The Labute approximate surface area is 134 Å². The van der Waals surface area contributed by atoms with E-state index < -0.39 is 21.7 Å². The predicted octanol–water partition coefficient (Wildman–Crippen LogP) is 1.42. The number of hydrogen-bond acceptors (Lipinski definition) is 5. The van der Waals surface area contributed by atoms with E-state index in [1.54, 1.807) is 18.2 Å². The molecule has 1 aromatic rings. The molecule has 0 aliphatic heterocycles. The molecule has 0 aromatic heterocycles. The Bertz CT molecular complexity index is 711. The average molecular weight is 338 g/mol. The summed E-state index contributed by atoms with van der Waals surface area (Å²) in [7, 11) is -4.22. The molecule has 0 spiro atoms. The molecule has 124 valence electrons. The molecule has 0 atom stereocenters. The maximum atomic E-state index is 12.0. The number of benzene rings is 1. The molecule has 6 nitrogen and oxygen atoms in total. The van der Waals surface area contributed by atoms with E-state index in [2.05, 4.69) is 0 Å². The SMILES string of the molecule is O=C(/C=C/Cc1ccc(O)cc1)C(/C=C\CO)=C/CS(=O)(=O)O. The van der Waals surface area contributed by atoms with E-state index >= 15 is 0 Å². The molecular formula is C16H18O6S. The normalized spacial score (nSPS) is 13.0. The molecular weight excluding hydrogens is 320 g/mol. The van der Waals surface area contributed by atoms with E-state index in [4.69, 9.17) is 9.66 Å². The molecule has 0 bridgehead atoms. The van der Waals surface area contributed by atoms with Gasteiger partial charge >= 0.3 is 0 Å². The summed E-state index contributed by atoms with van der Waals surface area (Å²) < 4.78 is 30.2. The van der Waals surface area contributed by atoms with Gasteiger partial charge in [0.05, 0.1) is 12.4 Å². The second-order valence-corrected chi connectivity index (χ2v) is 6.13. The molecule has 0 radical (unpaired) electrons. The van der Waals surface area contributed by atoms with E-state index in [1.165, 1.54) is 30.4 Å². The Morgan fingerprint density at radius 3 is 2.30 bits per heavy atom. The Balaban J connectivity index is 2.78. The topological polar surface area (TPSA) is 112 Å². The van der Waals surface area contributed by atoms with Gasteiger partial charge in [-0.3, -0.25) is 9.35 Å². The van der Waals surface area contributed by atoms with Gasteiger partial charge in [-0.2, -0.15) is 8.42 Å². The Morgan fingerprint density at radius 1 is 1.09 bits per heavy atom. The van der Waals surface area contributed by atoms with Crippen molar-refractivity contribution >= 4 is 15.9 Å². The van der Waals surface area contributed by atoms with Crippen LogP contribution in [0.1, 0.15) is 5.56 Å². The number of phenolic OH excluding ortho intramolecular Hbond substituents is 1. The number of allylic oxidation sites excluding steroid dienone is 4. The van der Waals surface area contributed by atoms with Crippen LogP contribution in [0, 0.1) is 0 Å². The lowest BCUT2D eigenvalue weighted by Gasteiger charge is -1.99. The molecule has 0 fully saturated rings. The summed E-state index contributed by atoms with van der Waals surface area (Å²) in [6.07, 6.45) is 7.00. The highest BCUT2D eigenvalue weighted by atomic mass is 32.2. The Kier molecular flexibility index (Phi) is 7.40. The third-order valence-electron chi connectivity index (χ3n) is 2.76. The van der Waals surface area contributed by atoms with Gasteiger partial charge in [0.2, 0.25) is 0 Å². The quantitative estimate of drug-likeness (QED) is 0.375. The maximum Gasteiger partial charge on any atom is 0.268 e. The van der Waals surface area contributed by atoms with Crippen molar-refractivity contribution in [1.29, 1.82) is 0 Å². The van der Waals surface area contributed by atoms with Gasteiger partial charge in [-0.1, -0.05) is 36.4 Å². The highest BCUT2D eigenvalue weighted by Crippen LogP contribution is 2.10. The highest BCUT2D eigenvalue weighted by Gasteiger charge is 2.06. The summed E-state index contributed by atoms with van der Waals surface area (Å²) in [5.41, 5.74) is 0.944. The van der Waals surface area contributed by atoms with E-state index in [1.807, 2.05) is 0 Å². The van der Waals surface area contributed by atoms with Crippen LogP contribution in [0.3, 0.4) is 0 Å². The lowest BCUT2D eigenvalue weighted by molar-refractivity contribution is -0.111. The molecule has 0 saturated carbocycles. The third kappa shape index (κ3) is 8.10. The monoisotopic (exact) mass is 338 g/mol. The van der Waals surface area contributed by atoms with Crippen molar-refractivity contribution in [3.05, 3.63) is 65.8 Å². The lowest BCUT2D eigenvalue weighted by atomic mass is 10.1. The minimum Gasteiger partial charge on any atom is -0.508 e. The van der Waals surface area contributed by atoms with Gasteiger partial charge in [-0.05, 0) is 30.2 Å². The maximum absolute atomic E-state index is 12.0. The molecule has 0 heterocycles. The number of ketones is 1. The van der Waals surface area contributed by atoms with Crippen molar-refractivity contribution < 1.29 is 28.0 Å². The van der Waals surface area contributed by atoms with E-state index in [0.29, 0.717) is 6.42 Å². The number of carbonyl (C=O) groups is 1. The number of aromatic hydroxyl groups is 1. The largest absolute Gasteiger partial charge is 0.508 e. The van der Waals surface area contributed by atoms with Crippen LogP contribution in [0.5, 0.6) is 5.75 Å². The lowest BCUT2D eigenvalue weighted by Crippen LogP contribution is -2.04. The molecule has 0 aliphatic rings. The van der Waals surface area contributed by atoms with E-state index in [0.717, 1.165) is 11.6 Å². The molecule has 23 heavy (non-hydrogen) atoms. The van der Waals surface area contributed by atoms with Gasteiger partial charge in [0.25, 0.3) is 10.1 Å². The predicted molar refractivity (Wildman–Crippen MR) is 86.7 cm³/mol. The van der Waals surface area contributed by atoms with Crippen LogP contribution in [0.25, 0.3) is 0 Å². The second kappa shape index (κ2) is 9.04. The van der Waals surface area contributed by atoms with Crippen LogP contribution < -0.4 is 0 Å². The first-order chi connectivity index (χ1) is 10.8. The number of rotatable bonds is 8. The molecule has 7 heteroatoms. The summed E-state index contributed by atoms with van der Waals surface area (Å²) in [5.74, 6) is -0.981. The van der Waals surface area contributed by atoms with Gasteiger partial charge in [-0.25, -0.2) is 0 Å². The van der Waals surface area contributed by atoms with Gasteiger partial charge in [0.15, 0.2) is 5.78 Å². The molecule has 0 aliphatic carbocycles. The molecule has 0 unspecified atom stereocenters. The first kappa shape index (κ1) is 18.8. The zero-order chi connectivity index (χ0) is 17.3. The van der Waals surface area contributed by atoms with E-state index in [-0.39, 0.29) is 17.9 Å². The zero-order valence-corrected chi connectivity index (χ0v) is 13.1. The zero-order valence-electron chi connectivity index (χ0n) is 12.3. The van der Waals surface area contributed by atoms with Gasteiger partial charge in [0.1, 0.15) is 5.75 Å². The summed E-state index contributed by atoms with van der Waals surface area (Å²) in [5, 5.41) is 17.9. The fraction of sp³-hybridized carbons (Fsp3) is 0.188. The summed E-state index contributed by atoms with van der Waals surface area (Å²) >= 11 is 0. The van der Waals surface area contributed by atoms with Gasteiger partial charge in [-0.15, -0.1) is 0 Å². The highest BCUT2D eigenvalue weighted by molar-refractivity contribution is 7.85. The molecule has 3 N–H and O–H groups in total. The van der Waals surface area contributed by atoms with Crippen LogP contribution in [0.15, 0.2) is 60.2 Å². The number of hydrogen-bond donors (Lipinski definition) is 3. The summed E-state index contributed by atoms with van der Waals surface area (Å²) in [4.78, 5) is 12.0. The average Bonchev–Trinajstić information content (AvgIpc) is 2.48. The van der Waals surface area contributed by atoms with Crippen LogP contribution >= 0.6 is 0 Å². The van der Waals surface area contributed by atoms with Crippen molar-refractivity contribution in [3.63, 3.8) is 0 Å². The van der Waals surface area contributed by atoms with Crippen molar-refractivity contribution in [2.75, 3.05) is 12.4 Å². The first-order valence-electron chi connectivity index (χ1n) is 6.73. The Morgan fingerprint density at radius 2 is 1.74 bits per heavy atom. The van der Waals surface area contributed by atoms with Crippen molar-refractivity contribution in [2.45, 2.75) is 6.42 Å². The fourth-order valence-electron chi connectivity index (χ4n) is 1.66. The number of aliphatic hydroxyl groups is 1. The minimum atomic E-state index is -4.22. The third-order valence-corrected chi connectivity index (χ3v) is 3.35. The number of aliphatic hydroxyl groups excluding tert-OH is 1. The van der Waals surface area contributed by atoms with Crippen molar-refractivity contribution in [2.24, 2.45) is 0 Å². The van der Waals surface area contributed by atoms with Crippen molar-refractivity contribution in [3.8, 4) is 5.75 Å². The summed E-state index contributed by atoms with van der Waals surface area (Å²) in [6, 6.07) is 6.49. The smallest absolute Gasteiger partial charge is 0.268 e. The molecule has 0 saturated heterocycles. The first-order valence-corrected chi connectivity index (χ1v) is 8.34. The minimum absolute atomic E-state index is 0.0543. The van der Waals surface area contributed by atoms with Gasteiger partial charge in [0, 0.05) is 5.57 Å². The summed E-state index contributed by atoms with van der Waals surface area (Å²) in [6.45, 7) is -0.298. The van der Waals surface area contributed by atoms with Crippen LogP contribution in [0.4, 0.5) is 0 Å². The molecule has 1 aromatic carbocycles. The Hall–Kier alpha value is -2.22. The van der Waals surface area contributed by atoms with Crippen LogP contribution in [-0.2, 0) is 21.3 Å².